The highest BCUT2D eigenvalue weighted by Crippen LogP contribution is 2.32. The van der Waals surface area contributed by atoms with Gasteiger partial charge in [-0.05, 0) is 37.6 Å². The molecule has 8 nitrogen and oxygen atoms in total. The molecule has 0 aliphatic heterocycles. The van der Waals surface area contributed by atoms with Crippen molar-refractivity contribution in [2.24, 2.45) is 0 Å². The summed E-state index contributed by atoms with van der Waals surface area (Å²) >= 11 is 4.34. The Morgan fingerprint density at radius 3 is 2.37 bits per heavy atom. The topological polar surface area (TPSA) is 93.0 Å². The van der Waals surface area contributed by atoms with E-state index in [1.807, 2.05) is 85.5 Å². The predicted molar refractivity (Wildman–Crippen MR) is 169 cm³/mol. The third-order valence-corrected chi connectivity index (χ3v) is 9.47. The highest BCUT2D eigenvalue weighted by molar-refractivity contribution is 8.01. The van der Waals surface area contributed by atoms with E-state index in [2.05, 4.69) is 37.2 Å². The van der Waals surface area contributed by atoms with Crippen LogP contribution in [0, 0.1) is 0 Å². The summed E-state index contributed by atoms with van der Waals surface area (Å²) in [4.78, 5) is 31.7. The summed E-state index contributed by atoms with van der Waals surface area (Å²) in [6.07, 6.45) is 0. The summed E-state index contributed by atoms with van der Waals surface area (Å²) in [5, 5.41) is 12.6. The maximum absolute atomic E-state index is 12.9. The van der Waals surface area contributed by atoms with Crippen LogP contribution in [0.5, 0.6) is 0 Å². The first-order valence-corrected chi connectivity index (χ1v) is 16.1. The zero-order valence-corrected chi connectivity index (χ0v) is 25.3. The smallest absolute Gasteiger partial charge is 0.234 e. The van der Waals surface area contributed by atoms with E-state index >= 15 is 0 Å². The van der Waals surface area contributed by atoms with E-state index in [4.69, 9.17) is 0 Å². The molecule has 0 fully saturated rings. The minimum atomic E-state index is -0.131. The fourth-order valence-corrected chi connectivity index (χ4v) is 7.01. The number of aromatic nitrogens is 4. The zero-order chi connectivity index (χ0) is 28.6. The van der Waals surface area contributed by atoms with Gasteiger partial charge >= 0.3 is 0 Å². The van der Waals surface area contributed by atoms with Crippen LogP contribution in [-0.2, 0) is 16.1 Å². The first-order chi connectivity index (χ1) is 20.0. The van der Waals surface area contributed by atoms with Gasteiger partial charge in [0.1, 0.15) is 0 Å². The van der Waals surface area contributed by atoms with E-state index in [0.717, 1.165) is 31.5 Å². The summed E-state index contributed by atoms with van der Waals surface area (Å²) in [5.74, 6) is 1.30. The van der Waals surface area contributed by atoms with Crippen molar-refractivity contribution < 1.29 is 9.59 Å². The van der Waals surface area contributed by atoms with Crippen LogP contribution in [0.3, 0.4) is 0 Å². The number of fused-ring (bicyclic) bond motifs is 1. The molecule has 2 amide bonds. The van der Waals surface area contributed by atoms with Crippen molar-refractivity contribution in [2.45, 2.75) is 29.9 Å². The molecule has 0 saturated carbocycles. The predicted octanol–water partition coefficient (Wildman–Crippen LogP) is 6.29. The van der Waals surface area contributed by atoms with E-state index in [1.165, 1.54) is 34.9 Å². The number of benzene rings is 3. The molecule has 5 aromatic rings. The quantitative estimate of drug-likeness (QED) is 0.168. The number of thiazole rings is 1. The maximum atomic E-state index is 12.9. The SMILES string of the molecule is CCN(CC)C(=O)CSc1nc2ccc(NC(=O)CSc3nnc(-c4ccccc4)n3Cc3ccccc3)cc2s1. The lowest BCUT2D eigenvalue weighted by Crippen LogP contribution is -2.31. The van der Waals surface area contributed by atoms with Gasteiger partial charge < -0.3 is 10.2 Å². The normalized spacial score (nSPS) is 11.1. The van der Waals surface area contributed by atoms with Crippen molar-refractivity contribution >= 4 is 62.6 Å². The van der Waals surface area contributed by atoms with Gasteiger partial charge in [-0.15, -0.1) is 21.5 Å². The number of amides is 2. The van der Waals surface area contributed by atoms with E-state index < -0.39 is 0 Å². The number of carbonyl (C=O) groups excluding carboxylic acids is 2. The Morgan fingerprint density at radius 1 is 0.902 bits per heavy atom. The molecule has 210 valence electrons. The second kappa shape index (κ2) is 13.8. The summed E-state index contributed by atoms with van der Waals surface area (Å²) in [6.45, 7) is 5.98. The molecule has 2 aromatic heterocycles. The lowest BCUT2D eigenvalue weighted by molar-refractivity contribution is -0.128. The number of carbonyl (C=O) groups is 2. The molecule has 0 saturated heterocycles. The maximum Gasteiger partial charge on any atom is 0.234 e. The first kappa shape index (κ1) is 28.8. The number of anilines is 1. The van der Waals surface area contributed by atoms with Crippen LogP contribution in [-0.4, -0.2) is 61.1 Å². The Morgan fingerprint density at radius 2 is 1.63 bits per heavy atom. The Kier molecular flexibility index (Phi) is 9.71. The third-order valence-electron chi connectivity index (χ3n) is 6.35. The zero-order valence-electron chi connectivity index (χ0n) is 22.8. The van der Waals surface area contributed by atoms with E-state index in [9.17, 15) is 9.59 Å². The van der Waals surface area contributed by atoms with Gasteiger partial charge in [-0.2, -0.15) is 0 Å². The molecule has 2 heterocycles. The minimum absolute atomic E-state index is 0.111. The number of nitrogens with zero attached hydrogens (tertiary/aromatic N) is 5. The largest absolute Gasteiger partial charge is 0.343 e. The summed E-state index contributed by atoms with van der Waals surface area (Å²) in [5.41, 5.74) is 3.66. The molecule has 3 aromatic carbocycles. The Hall–Kier alpha value is -3.67. The first-order valence-electron chi connectivity index (χ1n) is 13.3. The average Bonchev–Trinajstić information content (AvgIpc) is 3.60. The van der Waals surface area contributed by atoms with Gasteiger partial charge in [0, 0.05) is 24.3 Å². The molecule has 0 bridgehead atoms. The molecular formula is C30H30N6O2S3. The molecule has 0 radical (unpaired) electrons. The standard InChI is InChI=1S/C30H30N6O2S3/c1-3-35(4-2)27(38)20-40-30-32-24-16-15-23(17-25(24)41-30)31-26(37)19-39-29-34-33-28(22-13-9-6-10-14-22)36(29)18-21-11-7-5-8-12-21/h5-17H,3-4,18-20H2,1-2H3,(H,31,37). The van der Waals surface area contributed by atoms with E-state index in [-0.39, 0.29) is 17.6 Å². The van der Waals surface area contributed by atoms with Crippen LogP contribution in [0.4, 0.5) is 5.69 Å². The van der Waals surface area contributed by atoms with Gasteiger partial charge in [0.2, 0.25) is 11.8 Å². The van der Waals surface area contributed by atoms with Crippen LogP contribution in [0.25, 0.3) is 21.6 Å². The van der Waals surface area contributed by atoms with Gasteiger partial charge in [0.05, 0.1) is 28.3 Å². The second-order valence-corrected chi connectivity index (χ2v) is 12.3. The molecule has 0 unspecified atom stereocenters. The third kappa shape index (κ3) is 7.35. The number of hydrogen-bond acceptors (Lipinski definition) is 8. The van der Waals surface area contributed by atoms with Crippen LogP contribution in [0.1, 0.15) is 19.4 Å². The minimum Gasteiger partial charge on any atom is -0.343 e. The molecular weight excluding hydrogens is 573 g/mol. The van der Waals surface area contributed by atoms with Crippen molar-refractivity contribution in [3.8, 4) is 11.4 Å². The van der Waals surface area contributed by atoms with Crippen molar-refractivity contribution in [2.75, 3.05) is 29.9 Å². The summed E-state index contributed by atoms with van der Waals surface area (Å²) in [7, 11) is 0. The highest BCUT2D eigenvalue weighted by atomic mass is 32.2. The summed E-state index contributed by atoms with van der Waals surface area (Å²) < 4.78 is 3.85. The van der Waals surface area contributed by atoms with Crippen molar-refractivity contribution in [1.82, 2.24) is 24.6 Å². The number of rotatable bonds is 12. The Balaban J connectivity index is 1.24. The number of thioether (sulfide) groups is 2. The fraction of sp³-hybridized carbons (Fsp3) is 0.233. The molecule has 0 spiro atoms. The Bertz CT molecular complexity index is 1620. The van der Waals surface area contributed by atoms with Crippen molar-refractivity contribution in [3.05, 3.63) is 84.4 Å². The Labute approximate surface area is 251 Å². The van der Waals surface area contributed by atoms with Crippen LogP contribution in [0.2, 0.25) is 0 Å². The van der Waals surface area contributed by atoms with Gasteiger partial charge in [-0.1, -0.05) is 84.2 Å². The number of hydrogen-bond donors (Lipinski definition) is 1. The van der Waals surface area contributed by atoms with E-state index in [1.54, 1.807) is 0 Å². The second-order valence-electron chi connectivity index (χ2n) is 9.10. The van der Waals surface area contributed by atoms with Crippen molar-refractivity contribution in [1.29, 1.82) is 0 Å². The van der Waals surface area contributed by atoms with E-state index in [0.29, 0.717) is 36.2 Å². The molecule has 5 rings (SSSR count). The van der Waals surface area contributed by atoms with Crippen LogP contribution in [0.15, 0.2) is 88.4 Å². The van der Waals surface area contributed by atoms with Crippen LogP contribution >= 0.6 is 34.9 Å². The van der Waals surface area contributed by atoms with Gasteiger partial charge in [-0.3, -0.25) is 14.2 Å². The molecule has 11 heteroatoms. The van der Waals surface area contributed by atoms with Crippen molar-refractivity contribution in [3.63, 3.8) is 0 Å². The molecule has 0 aliphatic rings. The highest BCUT2D eigenvalue weighted by Gasteiger charge is 2.17. The van der Waals surface area contributed by atoms with Gasteiger partial charge in [0.25, 0.3) is 0 Å². The number of nitrogens with one attached hydrogen (secondary N) is 1. The lowest BCUT2D eigenvalue weighted by Gasteiger charge is -2.17. The van der Waals surface area contributed by atoms with Gasteiger partial charge in [0.15, 0.2) is 15.3 Å². The lowest BCUT2D eigenvalue weighted by atomic mass is 10.2. The van der Waals surface area contributed by atoms with Crippen LogP contribution < -0.4 is 5.32 Å². The monoisotopic (exact) mass is 602 g/mol. The van der Waals surface area contributed by atoms with Gasteiger partial charge in [-0.25, -0.2) is 4.98 Å². The molecule has 1 N–H and O–H groups in total. The summed E-state index contributed by atoms with van der Waals surface area (Å²) in [6, 6.07) is 25.8. The average molecular weight is 603 g/mol. The molecule has 41 heavy (non-hydrogen) atoms. The molecule has 0 atom stereocenters. The fourth-order valence-electron chi connectivity index (χ4n) is 4.27. The molecule has 0 aliphatic carbocycles.